The van der Waals surface area contributed by atoms with Crippen molar-refractivity contribution >= 4 is 11.6 Å². The average Bonchev–Trinajstić information content (AvgIpc) is 2.94. The fraction of sp³-hybridized carbons (Fsp3) is 0.478. The maximum atomic E-state index is 13.2. The van der Waals surface area contributed by atoms with E-state index in [1.165, 1.54) is 12.1 Å². The third kappa shape index (κ3) is 4.33. The molecular formula is C23H29FN4O. The number of rotatable bonds is 4. The van der Waals surface area contributed by atoms with Crippen LogP contribution < -0.4 is 10.2 Å². The minimum Gasteiger partial charge on any atom is -0.312 e. The van der Waals surface area contributed by atoms with Crippen LogP contribution in [-0.2, 0) is 16.6 Å². The van der Waals surface area contributed by atoms with Gasteiger partial charge < -0.3 is 10.2 Å². The topological polar surface area (TPSA) is 48.5 Å². The monoisotopic (exact) mass is 396 g/mol. The molecule has 4 rings (SSSR count). The lowest BCUT2D eigenvalue weighted by Gasteiger charge is -2.32. The predicted molar refractivity (Wildman–Crippen MR) is 113 cm³/mol. The van der Waals surface area contributed by atoms with Crippen LogP contribution in [0, 0.1) is 5.82 Å². The molecule has 154 valence electrons. The van der Waals surface area contributed by atoms with Crippen molar-refractivity contribution < 1.29 is 9.18 Å². The van der Waals surface area contributed by atoms with Crippen molar-refractivity contribution in [1.82, 2.24) is 15.2 Å². The van der Waals surface area contributed by atoms with E-state index in [0.29, 0.717) is 25.6 Å². The first-order chi connectivity index (χ1) is 13.8. The van der Waals surface area contributed by atoms with E-state index in [1.54, 1.807) is 12.1 Å². The molecule has 6 heteroatoms. The Labute approximate surface area is 171 Å². The highest BCUT2D eigenvalue weighted by molar-refractivity contribution is 5.97. The van der Waals surface area contributed by atoms with E-state index in [9.17, 15) is 9.18 Å². The number of carbonyl (C=O) groups is 1. The Hall–Kier alpha value is -2.31. The molecule has 1 N–H and O–H groups in total. The first kappa shape index (κ1) is 20.0. The fourth-order valence-corrected chi connectivity index (χ4v) is 4.37. The molecule has 29 heavy (non-hydrogen) atoms. The summed E-state index contributed by atoms with van der Waals surface area (Å²) in [5.74, 6) is -0.103. The number of nitrogens with zero attached hydrogens (tertiary/aromatic N) is 3. The highest BCUT2D eigenvalue weighted by Gasteiger charge is 2.39. The Bertz CT molecular complexity index is 896. The van der Waals surface area contributed by atoms with Gasteiger partial charge in [0.05, 0.1) is 17.9 Å². The molecule has 1 saturated heterocycles. The number of nitrogens with one attached hydrogen (secondary N) is 1. The first-order valence-electron chi connectivity index (χ1n) is 10.3. The lowest BCUT2D eigenvalue weighted by molar-refractivity contribution is -0.120. The zero-order valence-electron chi connectivity index (χ0n) is 17.4. The molecule has 1 fully saturated rings. The molecule has 5 nitrogen and oxygen atoms in total. The van der Waals surface area contributed by atoms with Gasteiger partial charge in [-0.2, -0.15) is 0 Å². The second-order valence-corrected chi connectivity index (χ2v) is 8.97. The standard InChI is InChI=1S/C23H29FN4O/c1-16-13-27(9-8-25-16)14-21(29)28-15-23(2,3)22-20(28)11-18(12-26-22)10-17-4-6-19(24)7-5-17/h4-7,11-12,16,25H,8-10,13-15H2,1-3H3/t16-/m1/s1. The molecule has 2 aromatic rings. The van der Waals surface area contributed by atoms with Gasteiger partial charge in [0.1, 0.15) is 5.82 Å². The van der Waals surface area contributed by atoms with Gasteiger partial charge in [-0.1, -0.05) is 26.0 Å². The number of pyridine rings is 1. The van der Waals surface area contributed by atoms with Gasteiger partial charge in [-0.05, 0) is 42.7 Å². The van der Waals surface area contributed by atoms with Gasteiger partial charge in [0.25, 0.3) is 0 Å². The van der Waals surface area contributed by atoms with Crippen molar-refractivity contribution in [3.8, 4) is 0 Å². The Morgan fingerprint density at radius 1 is 1.28 bits per heavy atom. The SMILES string of the molecule is C[C@@H]1CN(CC(=O)N2CC(C)(C)c3ncc(Cc4ccc(F)cc4)cc32)CCN1. The quantitative estimate of drug-likeness (QED) is 0.863. The summed E-state index contributed by atoms with van der Waals surface area (Å²) < 4.78 is 13.2. The number of piperazine rings is 1. The zero-order valence-corrected chi connectivity index (χ0v) is 17.4. The van der Waals surface area contributed by atoms with E-state index in [1.807, 2.05) is 11.1 Å². The van der Waals surface area contributed by atoms with Crippen LogP contribution in [0.1, 0.15) is 37.6 Å². The third-order valence-electron chi connectivity index (χ3n) is 5.84. The fourth-order valence-electron chi connectivity index (χ4n) is 4.37. The molecule has 0 bridgehead atoms. The first-order valence-corrected chi connectivity index (χ1v) is 10.3. The number of aromatic nitrogens is 1. The zero-order chi connectivity index (χ0) is 20.6. The van der Waals surface area contributed by atoms with Crippen LogP contribution in [-0.4, -0.2) is 54.6 Å². The summed E-state index contributed by atoms with van der Waals surface area (Å²) in [5.41, 5.74) is 3.78. The second-order valence-electron chi connectivity index (χ2n) is 8.97. The molecular weight excluding hydrogens is 367 g/mol. The maximum absolute atomic E-state index is 13.2. The summed E-state index contributed by atoms with van der Waals surface area (Å²) in [6.45, 7) is 10.2. The van der Waals surface area contributed by atoms with E-state index in [-0.39, 0.29) is 17.1 Å². The molecule has 1 amide bonds. The number of carbonyl (C=O) groups excluding carboxylic acids is 1. The van der Waals surface area contributed by atoms with Gasteiger partial charge in [0.15, 0.2) is 0 Å². The normalized spacial score (nSPS) is 21.2. The summed E-state index contributed by atoms with van der Waals surface area (Å²) in [6, 6.07) is 9.02. The molecule has 2 aliphatic rings. The van der Waals surface area contributed by atoms with Crippen LogP contribution in [0.15, 0.2) is 36.5 Å². The molecule has 1 atom stereocenters. The molecule has 0 radical (unpaired) electrons. The van der Waals surface area contributed by atoms with E-state index in [2.05, 4.69) is 37.1 Å². The predicted octanol–water partition coefficient (Wildman–Crippen LogP) is 2.73. The van der Waals surface area contributed by atoms with E-state index in [0.717, 1.165) is 42.1 Å². The summed E-state index contributed by atoms with van der Waals surface area (Å²) >= 11 is 0. The summed E-state index contributed by atoms with van der Waals surface area (Å²) in [5, 5.41) is 3.42. The minimum absolute atomic E-state index is 0.131. The number of hydrogen-bond acceptors (Lipinski definition) is 4. The number of amides is 1. The average molecular weight is 397 g/mol. The summed E-state index contributed by atoms with van der Waals surface area (Å²) in [7, 11) is 0. The van der Waals surface area contributed by atoms with Crippen LogP contribution in [0.3, 0.4) is 0 Å². The molecule has 3 heterocycles. The number of anilines is 1. The Morgan fingerprint density at radius 3 is 2.76 bits per heavy atom. The largest absolute Gasteiger partial charge is 0.312 e. The molecule has 0 saturated carbocycles. The molecule has 0 unspecified atom stereocenters. The number of fused-ring (bicyclic) bond motifs is 1. The minimum atomic E-state index is -0.235. The number of hydrogen-bond donors (Lipinski definition) is 1. The van der Waals surface area contributed by atoms with Gasteiger partial charge in [-0.3, -0.25) is 14.7 Å². The Balaban J connectivity index is 1.55. The van der Waals surface area contributed by atoms with Crippen molar-refractivity contribution in [2.75, 3.05) is 37.6 Å². The highest BCUT2D eigenvalue weighted by atomic mass is 19.1. The van der Waals surface area contributed by atoms with Crippen molar-refractivity contribution in [3.63, 3.8) is 0 Å². The highest BCUT2D eigenvalue weighted by Crippen LogP contribution is 2.39. The lowest BCUT2D eigenvalue weighted by atomic mass is 9.91. The van der Waals surface area contributed by atoms with Gasteiger partial charge in [-0.25, -0.2) is 4.39 Å². The third-order valence-corrected chi connectivity index (χ3v) is 5.84. The second kappa shape index (κ2) is 7.84. The van der Waals surface area contributed by atoms with Gasteiger partial charge in [0.2, 0.25) is 5.91 Å². The number of benzene rings is 1. The van der Waals surface area contributed by atoms with Crippen LogP contribution in [0.25, 0.3) is 0 Å². The summed E-state index contributed by atoms with van der Waals surface area (Å²) in [6.07, 6.45) is 2.55. The van der Waals surface area contributed by atoms with Crippen LogP contribution in [0.4, 0.5) is 10.1 Å². The maximum Gasteiger partial charge on any atom is 0.241 e. The van der Waals surface area contributed by atoms with Crippen molar-refractivity contribution in [2.24, 2.45) is 0 Å². The van der Waals surface area contributed by atoms with Crippen molar-refractivity contribution in [1.29, 1.82) is 0 Å². The van der Waals surface area contributed by atoms with Gasteiger partial charge in [0, 0.05) is 43.8 Å². The number of halogens is 1. The Morgan fingerprint density at radius 2 is 2.03 bits per heavy atom. The van der Waals surface area contributed by atoms with Crippen molar-refractivity contribution in [2.45, 2.75) is 38.6 Å². The molecule has 0 aliphatic carbocycles. The van der Waals surface area contributed by atoms with Gasteiger partial charge >= 0.3 is 0 Å². The molecule has 2 aliphatic heterocycles. The van der Waals surface area contributed by atoms with E-state index in [4.69, 9.17) is 4.98 Å². The molecule has 0 spiro atoms. The van der Waals surface area contributed by atoms with E-state index >= 15 is 0 Å². The van der Waals surface area contributed by atoms with Crippen LogP contribution in [0.2, 0.25) is 0 Å². The molecule has 1 aromatic carbocycles. The van der Waals surface area contributed by atoms with Gasteiger partial charge in [-0.15, -0.1) is 0 Å². The molecule has 1 aromatic heterocycles. The van der Waals surface area contributed by atoms with E-state index < -0.39 is 0 Å². The van der Waals surface area contributed by atoms with Crippen LogP contribution >= 0.6 is 0 Å². The van der Waals surface area contributed by atoms with Crippen molar-refractivity contribution in [3.05, 3.63) is 59.2 Å². The summed E-state index contributed by atoms with van der Waals surface area (Å²) in [4.78, 5) is 22.0. The Kier molecular flexibility index (Phi) is 5.40. The van der Waals surface area contributed by atoms with Crippen LogP contribution in [0.5, 0.6) is 0 Å². The smallest absolute Gasteiger partial charge is 0.241 e. The lowest BCUT2D eigenvalue weighted by Crippen LogP contribution is -2.52.